The highest BCUT2D eigenvalue weighted by Crippen LogP contribution is 2.07. The number of carbonyl (C=O) groups is 5. The molecule has 0 radical (unpaired) electrons. The van der Waals surface area contributed by atoms with Crippen LogP contribution in [0.15, 0.2) is 29.3 Å². The number of hydrogen-bond donors (Lipinski definition) is 8. The van der Waals surface area contributed by atoms with Gasteiger partial charge >= 0.3 is 0 Å². The molecule has 11 N–H and O–H groups in total. The molecule has 0 aliphatic rings. The van der Waals surface area contributed by atoms with Gasteiger partial charge in [0.1, 0.15) is 23.9 Å². The third-order valence-electron chi connectivity index (χ3n) is 5.18. The number of aromatic hydroxyl groups is 1. The van der Waals surface area contributed by atoms with Crippen molar-refractivity contribution < 1.29 is 29.1 Å². The number of phenols is 1. The second-order valence-corrected chi connectivity index (χ2v) is 9.39. The lowest BCUT2D eigenvalue weighted by atomic mass is 10.0. The molecule has 1 aromatic rings. The number of phenolic OH excluding ortho intramolecular Hbond substituents is 1. The summed E-state index contributed by atoms with van der Waals surface area (Å²) in [5.74, 6) is -2.28. The summed E-state index contributed by atoms with van der Waals surface area (Å²) in [6.07, 6.45) is 2.23. The molecule has 1 unspecified atom stereocenters. The molecule has 14 heteroatoms. The molecule has 0 spiro atoms. The molecule has 1 rings (SSSR count). The molecule has 0 saturated heterocycles. The summed E-state index contributed by atoms with van der Waals surface area (Å²) in [7, 11) is 1.50. The minimum Gasteiger partial charge on any atom is -0.508 e. The van der Waals surface area contributed by atoms with Gasteiger partial charge in [0.05, 0.1) is 12.9 Å². The van der Waals surface area contributed by atoms with Gasteiger partial charge in [0, 0.05) is 13.5 Å². The lowest BCUT2D eigenvalue weighted by Crippen LogP contribution is -2.54. The van der Waals surface area contributed by atoms with E-state index < -0.39 is 41.8 Å². The summed E-state index contributed by atoms with van der Waals surface area (Å²) in [5.41, 5.74) is 16.0. The van der Waals surface area contributed by atoms with E-state index in [1.807, 2.05) is 32.9 Å². The predicted octanol–water partition coefficient (Wildman–Crippen LogP) is -0.829. The molecule has 0 aliphatic heterocycles. The summed E-state index contributed by atoms with van der Waals surface area (Å²) in [4.78, 5) is 63.4. The number of nitrogens with one attached hydrogen (secondary N) is 4. The van der Waals surface area contributed by atoms with Gasteiger partial charge in [0.15, 0.2) is 0 Å². The average molecular weight is 581 g/mol. The first-order valence-corrected chi connectivity index (χ1v) is 13.2. The second-order valence-electron chi connectivity index (χ2n) is 9.39. The predicted molar refractivity (Wildman–Crippen MR) is 159 cm³/mol. The van der Waals surface area contributed by atoms with Crippen LogP contribution in [0.25, 0.3) is 0 Å². The molecule has 0 aliphatic carbocycles. The molecule has 1 aromatic carbocycles. The van der Waals surface area contributed by atoms with Crippen LogP contribution in [0.5, 0.6) is 5.75 Å². The molecule has 0 aromatic heterocycles. The summed E-state index contributed by atoms with van der Waals surface area (Å²) in [5, 5.41) is 18.7. The van der Waals surface area contributed by atoms with Crippen LogP contribution in [0, 0.1) is 12.8 Å². The van der Waals surface area contributed by atoms with Crippen molar-refractivity contribution in [2.75, 3.05) is 20.1 Å². The minimum atomic E-state index is -0.957. The Morgan fingerprint density at radius 1 is 0.951 bits per heavy atom. The number of nitrogens with two attached hydrogens (primary N) is 3. The third kappa shape index (κ3) is 20.4. The fourth-order valence-corrected chi connectivity index (χ4v) is 3.14. The Bertz CT molecular complexity index is 948. The summed E-state index contributed by atoms with van der Waals surface area (Å²) >= 11 is 0. The van der Waals surface area contributed by atoms with Crippen LogP contribution in [0.4, 0.5) is 0 Å². The third-order valence-corrected chi connectivity index (χ3v) is 5.18. The van der Waals surface area contributed by atoms with E-state index in [1.165, 1.54) is 26.5 Å². The molecule has 0 fully saturated rings. The average Bonchev–Trinajstić information content (AvgIpc) is 2.91. The SMILES string of the molecule is CC(=O)N[C@@H](CC(C)C)C(=O)NCC(=O)NC(CCCN=CN)C(=O)N[C@@H](C)C(N)=O.CN.Cc1ccc(O)cc1. The zero-order valence-corrected chi connectivity index (χ0v) is 24.9. The summed E-state index contributed by atoms with van der Waals surface area (Å²) in [6, 6.07) is 4.45. The van der Waals surface area contributed by atoms with Crippen molar-refractivity contribution in [3.05, 3.63) is 29.8 Å². The van der Waals surface area contributed by atoms with E-state index in [-0.39, 0.29) is 24.8 Å². The first kappa shape index (κ1) is 38.9. The van der Waals surface area contributed by atoms with E-state index in [0.29, 0.717) is 25.1 Å². The number of nitrogens with zero attached hydrogens (tertiary/aromatic N) is 1. The first-order chi connectivity index (χ1) is 19.3. The van der Waals surface area contributed by atoms with Gasteiger partial charge in [-0.2, -0.15) is 0 Å². The number of aliphatic imine (C=N–C) groups is 1. The Morgan fingerprint density at radius 2 is 1.54 bits per heavy atom. The molecular formula is C27H48N8O6. The molecular weight excluding hydrogens is 532 g/mol. The molecule has 0 saturated carbocycles. The van der Waals surface area contributed by atoms with Gasteiger partial charge in [-0.25, -0.2) is 0 Å². The number of aryl methyl sites for hydroxylation is 1. The van der Waals surface area contributed by atoms with Crippen LogP contribution in [-0.4, -0.2) is 79.2 Å². The van der Waals surface area contributed by atoms with Gasteiger partial charge in [-0.1, -0.05) is 31.5 Å². The zero-order chi connectivity index (χ0) is 32.0. The van der Waals surface area contributed by atoms with Gasteiger partial charge in [0.2, 0.25) is 29.5 Å². The highest BCUT2D eigenvalue weighted by Gasteiger charge is 2.25. The fourth-order valence-electron chi connectivity index (χ4n) is 3.14. The van der Waals surface area contributed by atoms with Crippen molar-refractivity contribution in [1.29, 1.82) is 0 Å². The smallest absolute Gasteiger partial charge is 0.243 e. The Hall–Kier alpha value is -4.20. The number of rotatable bonds is 14. The molecule has 5 amide bonds. The first-order valence-electron chi connectivity index (χ1n) is 13.2. The van der Waals surface area contributed by atoms with Crippen molar-refractivity contribution in [3.63, 3.8) is 0 Å². The number of hydrogen-bond acceptors (Lipinski definition) is 8. The van der Waals surface area contributed by atoms with Crippen LogP contribution < -0.4 is 38.5 Å². The van der Waals surface area contributed by atoms with E-state index in [9.17, 15) is 24.0 Å². The van der Waals surface area contributed by atoms with Gasteiger partial charge in [0.25, 0.3) is 0 Å². The fraction of sp³-hybridized carbons (Fsp3) is 0.556. The highest BCUT2D eigenvalue weighted by molar-refractivity contribution is 5.93. The van der Waals surface area contributed by atoms with Crippen molar-refractivity contribution >= 4 is 35.9 Å². The molecule has 232 valence electrons. The van der Waals surface area contributed by atoms with Crippen molar-refractivity contribution in [1.82, 2.24) is 21.3 Å². The van der Waals surface area contributed by atoms with E-state index in [1.54, 1.807) is 12.1 Å². The Labute approximate surface area is 242 Å². The normalized spacial score (nSPS) is 12.4. The lowest BCUT2D eigenvalue weighted by molar-refractivity contribution is -0.132. The van der Waals surface area contributed by atoms with Gasteiger partial charge in [-0.3, -0.25) is 29.0 Å². The Morgan fingerprint density at radius 3 is 2.00 bits per heavy atom. The van der Waals surface area contributed by atoms with Crippen molar-refractivity contribution in [3.8, 4) is 5.75 Å². The largest absolute Gasteiger partial charge is 0.508 e. The minimum absolute atomic E-state index is 0.146. The summed E-state index contributed by atoms with van der Waals surface area (Å²) < 4.78 is 0. The van der Waals surface area contributed by atoms with E-state index >= 15 is 0 Å². The van der Waals surface area contributed by atoms with Crippen molar-refractivity contribution in [2.45, 2.75) is 72.0 Å². The topological polar surface area (TPSA) is 244 Å². The van der Waals surface area contributed by atoms with Gasteiger partial charge < -0.3 is 43.6 Å². The quantitative estimate of drug-likeness (QED) is 0.0782. The maximum atomic E-state index is 12.4. The van der Waals surface area contributed by atoms with E-state index in [4.69, 9.17) is 16.6 Å². The molecule has 41 heavy (non-hydrogen) atoms. The van der Waals surface area contributed by atoms with E-state index in [2.05, 4.69) is 32.0 Å². The maximum absolute atomic E-state index is 12.4. The van der Waals surface area contributed by atoms with Gasteiger partial charge in [-0.05, 0) is 58.2 Å². The number of benzene rings is 1. The molecule has 14 nitrogen and oxygen atoms in total. The lowest BCUT2D eigenvalue weighted by Gasteiger charge is -2.21. The summed E-state index contributed by atoms with van der Waals surface area (Å²) in [6.45, 7) is 8.49. The number of primary amides is 1. The second kappa shape index (κ2) is 22.6. The molecule has 3 atom stereocenters. The number of carbonyl (C=O) groups excluding carboxylic acids is 5. The van der Waals surface area contributed by atoms with Gasteiger partial charge in [-0.15, -0.1) is 0 Å². The number of amides is 5. The Balaban J connectivity index is 0. The van der Waals surface area contributed by atoms with Crippen molar-refractivity contribution in [2.24, 2.45) is 28.1 Å². The standard InChI is InChI=1S/C19H35N7O5.C7H8O.CH5N/c1-11(2)8-15(25-13(4)27)18(30)23-9-16(28)26-14(6-5-7-22-10-20)19(31)24-12(3)17(21)29;1-6-2-4-7(8)5-3-6;1-2/h10-12,14-15H,5-9H2,1-4H3,(H2,20,22)(H2,21,29)(H,23,30)(H,24,31)(H,25,27)(H,26,28);2-5,8H,1H3;2H2,1H3/t12-,14?,15-;;/m0../s1. The van der Waals surface area contributed by atoms with E-state index in [0.717, 1.165) is 6.34 Å². The Kier molecular flexibility index (Phi) is 21.5. The molecule has 0 bridgehead atoms. The van der Waals surface area contributed by atoms with Crippen LogP contribution in [0.3, 0.4) is 0 Å². The van der Waals surface area contributed by atoms with Crippen LogP contribution in [0.2, 0.25) is 0 Å². The molecule has 0 heterocycles. The highest BCUT2D eigenvalue weighted by atomic mass is 16.3. The van der Waals surface area contributed by atoms with Crippen LogP contribution in [-0.2, 0) is 24.0 Å². The monoisotopic (exact) mass is 580 g/mol. The zero-order valence-electron chi connectivity index (χ0n) is 24.9. The maximum Gasteiger partial charge on any atom is 0.243 e. The van der Waals surface area contributed by atoms with Crippen LogP contribution in [0.1, 0.15) is 52.5 Å². The van der Waals surface area contributed by atoms with Crippen LogP contribution >= 0.6 is 0 Å².